The van der Waals surface area contributed by atoms with Crippen LogP contribution >= 0.6 is 11.6 Å². The second kappa shape index (κ2) is 4.27. The van der Waals surface area contributed by atoms with Crippen molar-refractivity contribution in [2.45, 2.75) is 58.9 Å². The Hall–Kier alpha value is -0.570. The lowest BCUT2D eigenvalue weighted by Gasteiger charge is -2.45. The minimum atomic E-state index is 0.375. The average Bonchev–Trinajstić information content (AvgIpc) is 2.59. The molecule has 0 N–H and O–H groups in total. The van der Waals surface area contributed by atoms with E-state index in [9.17, 15) is 0 Å². The fourth-order valence-corrected chi connectivity index (χ4v) is 3.84. The third kappa shape index (κ3) is 2.82. The minimum Gasteiger partial charge on any atom is -0.313 e. The van der Waals surface area contributed by atoms with Crippen molar-refractivity contribution < 1.29 is 0 Å². The Morgan fingerprint density at radius 3 is 2.41 bits per heavy atom. The summed E-state index contributed by atoms with van der Waals surface area (Å²) in [4.78, 5) is 0. The van der Waals surface area contributed by atoms with Gasteiger partial charge in [-0.25, -0.2) is 0 Å². The Morgan fingerprint density at radius 1 is 1.29 bits per heavy atom. The topological polar surface area (TPSA) is 30.7 Å². The van der Waals surface area contributed by atoms with E-state index < -0.39 is 0 Å². The maximum atomic E-state index is 5.91. The molecule has 96 valence electrons. The highest BCUT2D eigenvalue weighted by molar-refractivity contribution is 6.16. The van der Waals surface area contributed by atoms with E-state index in [0.717, 1.165) is 5.82 Å². The first kappa shape index (κ1) is 12.9. The van der Waals surface area contributed by atoms with Crippen LogP contribution in [0.5, 0.6) is 0 Å². The van der Waals surface area contributed by atoms with Crippen LogP contribution in [0.15, 0.2) is 6.33 Å². The SMILES string of the molecule is CC1(C)CC(n2cnnc2CCl)CC(C)(C)C1. The monoisotopic (exact) mass is 255 g/mol. The molecule has 1 aromatic rings. The van der Waals surface area contributed by atoms with Gasteiger partial charge in [0.15, 0.2) is 0 Å². The van der Waals surface area contributed by atoms with Gasteiger partial charge in [0.25, 0.3) is 0 Å². The zero-order valence-corrected chi connectivity index (χ0v) is 12.0. The van der Waals surface area contributed by atoms with E-state index in [4.69, 9.17) is 11.6 Å². The Balaban J connectivity index is 2.27. The fraction of sp³-hybridized carbons (Fsp3) is 0.846. The zero-order valence-electron chi connectivity index (χ0n) is 11.2. The molecule has 1 aliphatic carbocycles. The van der Waals surface area contributed by atoms with Gasteiger partial charge in [0, 0.05) is 6.04 Å². The summed E-state index contributed by atoms with van der Waals surface area (Å²) >= 11 is 5.91. The van der Waals surface area contributed by atoms with Gasteiger partial charge in [0.05, 0.1) is 5.88 Å². The van der Waals surface area contributed by atoms with Gasteiger partial charge >= 0.3 is 0 Å². The summed E-state index contributed by atoms with van der Waals surface area (Å²) in [5, 5.41) is 8.08. The molecular formula is C13H22ClN3. The largest absolute Gasteiger partial charge is 0.313 e. The van der Waals surface area contributed by atoms with E-state index in [1.165, 1.54) is 19.3 Å². The third-order valence-electron chi connectivity index (χ3n) is 3.69. The Labute approximate surface area is 109 Å². The first-order valence-electron chi connectivity index (χ1n) is 6.27. The van der Waals surface area contributed by atoms with Crippen molar-refractivity contribution in [3.63, 3.8) is 0 Å². The average molecular weight is 256 g/mol. The quantitative estimate of drug-likeness (QED) is 0.753. The van der Waals surface area contributed by atoms with Crippen LogP contribution < -0.4 is 0 Å². The second-order valence-corrected chi connectivity index (χ2v) is 7.12. The van der Waals surface area contributed by atoms with Gasteiger partial charge in [-0.15, -0.1) is 21.8 Å². The molecule has 1 aromatic heterocycles. The summed E-state index contributed by atoms with van der Waals surface area (Å²) in [5.74, 6) is 1.34. The molecule has 3 nitrogen and oxygen atoms in total. The molecule has 0 radical (unpaired) electrons. The van der Waals surface area contributed by atoms with E-state index >= 15 is 0 Å². The first-order valence-corrected chi connectivity index (χ1v) is 6.81. The molecule has 0 unspecified atom stereocenters. The van der Waals surface area contributed by atoms with Crippen LogP contribution in [-0.4, -0.2) is 14.8 Å². The molecule has 4 heteroatoms. The van der Waals surface area contributed by atoms with Crippen LogP contribution in [0.4, 0.5) is 0 Å². The highest BCUT2D eigenvalue weighted by Crippen LogP contribution is 2.50. The highest BCUT2D eigenvalue weighted by atomic mass is 35.5. The van der Waals surface area contributed by atoms with Crippen LogP contribution in [0.2, 0.25) is 0 Å². The van der Waals surface area contributed by atoms with Crippen LogP contribution in [0.3, 0.4) is 0 Å². The van der Waals surface area contributed by atoms with Gasteiger partial charge in [-0.2, -0.15) is 0 Å². The number of nitrogens with zero attached hydrogens (tertiary/aromatic N) is 3. The van der Waals surface area contributed by atoms with Crippen LogP contribution in [0, 0.1) is 10.8 Å². The minimum absolute atomic E-state index is 0.375. The van der Waals surface area contributed by atoms with Gasteiger partial charge in [0.2, 0.25) is 0 Å². The van der Waals surface area contributed by atoms with Crippen molar-refractivity contribution in [2.24, 2.45) is 10.8 Å². The van der Waals surface area contributed by atoms with Crippen LogP contribution in [-0.2, 0) is 5.88 Å². The van der Waals surface area contributed by atoms with Crippen molar-refractivity contribution in [3.8, 4) is 0 Å². The summed E-state index contributed by atoms with van der Waals surface area (Å²) < 4.78 is 2.18. The summed E-state index contributed by atoms with van der Waals surface area (Å²) in [5.41, 5.74) is 0.751. The summed E-state index contributed by atoms with van der Waals surface area (Å²) in [6, 6.07) is 0.484. The number of rotatable bonds is 2. The Morgan fingerprint density at radius 2 is 1.88 bits per heavy atom. The molecule has 2 rings (SSSR count). The summed E-state index contributed by atoms with van der Waals surface area (Å²) in [6.45, 7) is 9.41. The maximum Gasteiger partial charge on any atom is 0.148 e. The van der Waals surface area contributed by atoms with Gasteiger partial charge in [-0.1, -0.05) is 27.7 Å². The number of alkyl halides is 1. The molecule has 1 heterocycles. The van der Waals surface area contributed by atoms with Gasteiger partial charge in [0.1, 0.15) is 12.2 Å². The highest BCUT2D eigenvalue weighted by Gasteiger charge is 2.39. The molecule has 0 amide bonds. The number of hydrogen-bond acceptors (Lipinski definition) is 2. The molecule has 0 aromatic carbocycles. The second-order valence-electron chi connectivity index (χ2n) is 6.86. The number of aromatic nitrogens is 3. The lowest BCUT2D eigenvalue weighted by Crippen LogP contribution is -2.35. The summed E-state index contributed by atoms with van der Waals surface area (Å²) in [6.07, 6.45) is 5.46. The molecule has 0 aliphatic heterocycles. The van der Waals surface area contributed by atoms with Crippen LogP contribution in [0.25, 0.3) is 0 Å². The fourth-order valence-electron chi connectivity index (χ4n) is 3.65. The lowest BCUT2D eigenvalue weighted by atomic mass is 9.63. The number of halogens is 1. The van der Waals surface area contributed by atoms with Crippen molar-refractivity contribution in [1.82, 2.24) is 14.8 Å². The van der Waals surface area contributed by atoms with E-state index in [0.29, 0.717) is 22.8 Å². The number of hydrogen-bond donors (Lipinski definition) is 0. The molecule has 0 saturated heterocycles. The molecular weight excluding hydrogens is 234 g/mol. The lowest BCUT2D eigenvalue weighted by molar-refractivity contribution is 0.0713. The van der Waals surface area contributed by atoms with E-state index in [1.54, 1.807) is 0 Å². The molecule has 0 spiro atoms. The van der Waals surface area contributed by atoms with E-state index in [1.807, 2.05) is 6.33 Å². The predicted octanol–water partition coefficient (Wildman–Crippen LogP) is 3.79. The van der Waals surface area contributed by atoms with Crippen LogP contribution in [0.1, 0.15) is 58.8 Å². The van der Waals surface area contributed by atoms with Crippen molar-refractivity contribution in [3.05, 3.63) is 12.2 Å². The molecule has 1 saturated carbocycles. The molecule has 1 fully saturated rings. The van der Waals surface area contributed by atoms with Crippen molar-refractivity contribution in [1.29, 1.82) is 0 Å². The molecule has 1 aliphatic rings. The standard InChI is InChI=1S/C13H22ClN3/c1-12(2)5-10(6-13(3,4)8-12)17-9-15-16-11(17)7-14/h9-10H,5-8H2,1-4H3. The smallest absolute Gasteiger partial charge is 0.148 e. The van der Waals surface area contributed by atoms with Gasteiger partial charge < -0.3 is 4.57 Å². The molecule has 0 bridgehead atoms. The predicted molar refractivity (Wildman–Crippen MR) is 70.0 cm³/mol. The maximum absolute atomic E-state index is 5.91. The van der Waals surface area contributed by atoms with Gasteiger partial charge in [-0.3, -0.25) is 0 Å². The van der Waals surface area contributed by atoms with E-state index in [2.05, 4.69) is 42.5 Å². The van der Waals surface area contributed by atoms with Crippen molar-refractivity contribution in [2.75, 3.05) is 0 Å². The van der Waals surface area contributed by atoms with Crippen molar-refractivity contribution >= 4 is 11.6 Å². The van der Waals surface area contributed by atoms with Gasteiger partial charge in [-0.05, 0) is 30.1 Å². The molecule has 0 atom stereocenters. The Bertz CT molecular complexity index is 379. The third-order valence-corrected chi connectivity index (χ3v) is 3.93. The normalized spacial score (nSPS) is 23.8. The Kier molecular flexibility index (Phi) is 3.23. The summed E-state index contributed by atoms with van der Waals surface area (Å²) in [7, 11) is 0. The van der Waals surface area contributed by atoms with E-state index in [-0.39, 0.29) is 0 Å². The zero-order chi connectivity index (χ0) is 12.7. The first-order chi connectivity index (χ1) is 7.83. The molecule has 17 heavy (non-hydrogen) atoms.